The maximum Gasteiger partial charge on any atom is 0.224 e. The predicted molar refractivity (Wildman–Crippen MR) is 83.0 cm³/mol. The number of aromatic nitrogens is 3. The van der Waals surface area contributed by atoms with Gasteiger partial charge in [0.1, 0.15) is 5.65 Å². The lowest BCUT2D eigenvalue weighted by Crippen LogP contribution is -2.29. The van der Waals surface area contributed by atoms with Crippen LogP contribution in [0.5, 0.6) is 0 Å². The van der Waals surface area contributed by atoms with Crippen molar-refractivity contribution in [3.63, 3.8) is 0 Å². The van der Waals surface area contributed by atoms with E-state index in [2.05, 4.69) is 15.3 Å². The zero-order chi connectivity index (χ0) is 15.1. The molecule has 0 atom stereocenters. The number of anilines is 1. The summed E-state index contributed by atoms with van der Waals surface area (Å²) in [6, 6.07) is 2.22. The van der Waals surface area contributed by atoms with Crippen LogP contribution in [0.25, 0.3) is 11.0 Å². The molecule has 2 N–H and O–H groups in total. The average molecular weight is 300 g/mol. The van der Waals surface area contributed by atoms with Crippen LogP contribution in [-0.2, 0) is 6.54 Å². The molecule has 116 valence electrons. The second kappa shape index (κ2) is 5.35. The number of aliphatic hydroxyl groups excluding tert-OH is 1. The van der Waals surface area contributed by atoms with Crippen LogP contribution >= 0.6 is 0 Å². The molecule has 6 nitrogen and oxygen atoms in total. The summed E-state index contributed by atoms with van der Waals surface area (Å²) in [7, 11) is 0. The monoisotopic (exact) mass is 300 g/mol. The van der Waals surface area contributed by atoms with Crippen molar-refractivity contribution in [1.29, 1.82) is 0 Å². The minimum Gasteiger partial charge on any atom is -0.393 e. The first-order chi connectivity index (χ1) is 10.7. The summed E-state index contributed by atoms with van der Waals surface area (Å²) in [5.74, 6) is 0.813. The summed E-state index contributed by atoms with van der Waals surface area (Å²) >= 11 is 0. The Hall–Kier alpha value is -1.95. The van der Waals surface area contributed by atoms with E-state index in [1.807, 2.05) is 10.6 Å². The molecule has 22 heavy (non-hydrogen) atoms. The highest BCUT2D eigenvalue weighted by Crippen LogP contribution is 2.25. The Morgan fingerprint density at radius 3 is 2.91 bits per heavy atom. The third kappa shape index (κ3) is 2.37. The Balaban J connectivity index is 1.62. The number of Topliss-reactive ketones (excluding diaryl/α,β-unsaturated/α-hetero) is 1. The maximum atomic E-state index is 12.0. The van der Waals surface area contributed by atoms with Gasteiger partial charge >= 0.3 is 0 Å². The fourth-order valence-corrected chi connectivity index (χ4v) is 3.49. The summed E-state index contributed by atoms with van der Waals surface area (Å²) < 4.78 is 2.01. The normalized spacial score (nSPS) is 25.2. The number of carbonyl (C=O) groups is 1. The van der Waals surface area contributed by atoms with Gasteiger partial charge < -0.3 is 15.0 Å². The van der Waals surface area contributed by atoms with E-state index >= 15 is 0 Å². The van der Waals surface area contributed by atoms with Gasteiger partial charge in [-0.1, -0.05) is 0 Å². The molecule has 2 aliphatic rings. The lowest BCUT2D eigenvalue weighted by molar-refractivity contribution is 0.0956. The molecule has 2 aromatic rings. The van der Waals surface area contributed by atoms with E-state index in [1.54, 1.807) is 6.20 Å². The first-order valence-electron chi connectivity index (χ1n) is 8.05. The second-order valence-corrected chi connectivity index (χ2v) is 6.33. The van der Waals surface area contributed by atoms with E-state index in [-0.39, 0.29) is 11.9 Å². The molecule has 0 spiro atoms. The third-order valence-corrected chi connectivity index (χ3v) is 4.74. The number of nitrogens with zero attached hydrogens (tertiary/aromatic N) is 3. The number of carbonyl (C=O) groups excluding carboxylic acids is 1. The molecule has 1 aliphatic heterocycles. The number of hydrogen-bond donors (Lipinski definition) is 2. The number of ketones is 1. The average Bonchev–Trinajstić information content (AvgIpc) is 2.89. The highest BCUT2D eigenvalue weighted by molar-refractivity contribution is 6.00. The second-order valence-electron chi connectivity index (χ2n) is 6.33. The highest BCUT2D eigenvalue weighted by Gasteiger charge is 2.22. The zero-order valence-electron chi connectivity index (χ0n) is 12.5. The number of fused-ring (bicyclic) bond motifs is 3. The Kier molecular flexibility index (Phi) is 3.33. The van der Waals surface area contributed by atoms with Gasteiger partial charge in [-0.05, 0) is 38.2 Å². The van der Waals surface area contributed by atoms with E-state index in [4.69, 9.17) is 0 Å². The van der Waals surface area contributed by atoms with Crippen molar-refractivity contribution in [2.75, 3.05) is 5.32 Å². The molecular formula is C16H20N4O2. The summed E-state index contributed by atoms with van der Waals surface area (Å²) in [6.07, 6.45) is 6.67. The molecule has 6 heteroatoms. The van der Waals surface area contributed by atoms with Crippen molar-refractivity contribution >= 4 is 22.8 Å². The SMILES string of the molecule is O=C1CCCn2c1cc1cnc(NC3CCC(O)CC3)nc12. The topological polar surface area (TPSA) is 80.0 Å². The Bertz CT molecular complexity index is 716. The summed E-state index contributed by atoms with van der Waals surface area (Å²) in [4.78, 5) is 21.0. The molecule has 0 aromatic carbocycles. The molecule has 1 saturated carbocycles. The molecular weight excluding hydrogens is 280 g/mol. The van der Waals surface area contributed by atoms with Crippen LogP contribution in [0.4, 0.5) is 5.95 Å². The molecule has 3 heterocycles. The highest BCUT2D eigenvalue weighted by atomic mass is 16.3. The van der Waals surface area contributed by atoms with Gasteiger partial charge in [0.25, 0.3) is 0 Å². The Labute approximate surface area is 128 Å². The number of hydrogen-bond acceptors (Lipinski definition) is 5. The van der Waals surface area contributed by atoms with Crippen LogP contribution in [0.1, 0.15) is 49.0 Å². The lowest BCUT2D eigenvalue weighted by Gasteiger charge is -2.26. The molecule has 0 amide bonds. The van der Waals surface area contributed by atoms with Gasteiger partial charge in [0.05, 0.1) is 11.8 Å². The van der Waals surface area contributed by atoms with Gasteiger partial charge in [0.2, 0.25) is 5.95 Å². The van der Waals surface area contributed by atoms with Gasteiger partial charge in [-0.3, -0.25) is 4.79 Å². The number of nitrogens with one attached hydrogen (secondary N) is 1. The van der Waals surface area contributed by atoms with E-state index in [0.717, 1.165) is 55.4 Å². The molecule has 0 radical (unpaired) electrons. The Morgan fingerprint density at radius 2 is 2.09 bits per heavy atom. The fraction of sp³-hybridized carbons (Fsp3) is 0.562. The van der Waals surface area contributed by atoms with Gasteiger partial charge in [-0.25, -0.2) is 4.98 Å². The molecule has 0 bridgehead atoms. The van der Waals surface area contributed by atoms with Crippen LogP contribution in [0.2, 0.25) is 0 Å². The lowest BCUT2D eigenvalue weighted by atomic mass is 9.93. The maximum absolute atomic E-state index is 12.0. The van der Waals surface area contributed by atoms with Crippen molar-refractivity contribution in [3.05, 3.63) is 18.0 Å². The molecule has 4 rings (SSSR count). The first kappa shape index (κ1) is 13.7. The van der Waals surface area contributed by atoms with E-state index < -0.39 is 0 Å². The molecule has 1 aliphatic carbocycles. The first-order valence-corrected chi connectivity index (χ1v) is 8.05. The minimum absolute atomic E-state index is 0.162. The molecule has 0 unspecified atom stereocenters. The minimum atomic E-state index is -0.162. The van der Waals surface area contributed by atoms with Crippen molar-refractivity contribution in [2.45, 2.75) is 57.2 Å². The largest absolute Gasteiger partial charge is 0.393 e. The summed E-state index contributed by atoms with van der Waals surface area (Å²) in [6.45, 7) is 0.844. The van der Waals surface area contributed by atoms with Gasteiger partial charge in [-0.2, -0.15) is 4.98 Å². The van der Waals surface area contributed by atoms with Gasteiger partial charge in [0, 0.05) is 30.6 Å². The zero-order valence-corrected chi connectivity index (χ0v) is 12.5. The molecule has 2 aromatic heterocycles. The standard InChI is InChI=1S/C16H20N4O2/c21-12-5-3-11(4-6-12)18-16-17-9-10-8-13-14(22)2-1-7-20(13)15(10)19-16/h8-9,11-12,21H,1-7H2,(H,17,18,19). The van der Waals surface area contributed by atoms with E-state index in [0.29, 0.717) is 18.4 Å². The van der Waals surface area contributed by atoms with Crippen molar-refractivity contribution in [1.82, 2.24) is 14.5 Å². The van der Waals surface area contributed by atoms with Gasteiger partial charge in [-0.15, -0.1) is 0 Å². The van der Waals surface area contributed by atoms with E-state index in [9.17, 15) is 9.90 Å². The third-order valence-electron chi connectivity index (χ3n) is 4.74. The summed E-state index contributed by atoms with van der Waals surface area (Å²) in [5.41, 5.74) is 1.60. The quantitative estimate of drug-likeness (QED) is 0.888. The van der Waals surface area contributed by atoms with Crippen LogP contribution in [0, 0.1) is 0 Å². The summed E-state index contributed by atoms with van der Waals surface area (Å²) in [5, 5.41) is 13.9. The number of aliphatic hydroxyl groups is 1. The molecule has 1 fully saturated rings. The predicted octanol–water partition coefficient (Wildman–Crippen LogP) is 2.12. The Morgan fingerprint density at radius 1 is 1.27 bits per heavy atom. The fourth-order valence-electron chi connectivity index (χ4n) is 3.49. The van der Waals surface area contributed by atoms with Crippen molar-refractivity contribution in [2.24, 2.45) is 0 Å². The van der Waals surface area contributed by atoms with Crippen LogP contribution in [0.15, 0.2) is 12.3 Å². The van der Waals surface area contributed by atoms with Gasteiger partial charge in [0.15, 0.2) is 5.78 Å². The molecule has 0 saturated heterocycles. The smallest absolute Gasteiger partial charge is 0.224 e. The van der Waals surface area contributed by atoms with E-state index in [1.165, 1.54) is 0 Å². The van der Waals surface area contributed by atoms with Crippen LogP contribution < -0.4 is 5.32 Å². The van der Waals surface area contributed by atoms with Crippen molar-refractivity contribution < 1.29 is 9.90 Å². The van der Waals surface area contributed by atoms with Crippen LogP contribution in [-0.4, -0.2) is 37.6 Å². The van der Waals surface area contributed by atoms with Crippen LogP contribution in [0.3, 0.4) is 0 Å². The van der Waals surface area contributed by atoms with Crippen molar-refractivity contribution in [3.8, 4) is 0 Å². The number of aryl methyl sites for hydroxylation is 1. The number of rotatable bonds is 2.